The third-order valence-electron chi connectivity index (χ3n) is 2.60. The van der Waals surface area contributed by atoms with Gasteiger partial charge < -0.3 is 10.6 Å². The van der Waals surface area contributed by atoms with Gasteiger partial charge in [-0.2, -0.15) is 13.2 Å². The molecule has 0 aliphatic heterocycles. The summed E-state index contributed by atoms with van der Waals surface area (Å²) in [5.74, 6) is -1.99. The smallest absolute Gasteiger partial charge is 0.380 e. The molecule has 4 nitrogen and oxygen atoms in total. The number of carbonyl (C=O) groups excluding carboxylic acids is 1. The van der Waals surface area contributed by atoms with Gasteiger partial charge >= 0.3 is 12.1 Å². The van der Waals surface area contributed by atoms with Crippen molar-refractivity contribution >= 4 is 17.3 Å². The Bertz CT molecular complexity index is 614. The molecule has 1 amide bonds. The number of halogens is 3. The summed E-state index contributed by atoms with van der Waals surface area (Å²) in [6.45, 7) is 0.404. The summed E-state index contributed by atoms with van der Waals surface area (Å²) in [6.07, 6.45) is -1.63. The molecule has 7 heteroatoms. The van der Waals surface area contributed by atoms with Crippen molar-refractivity contribution < 1.29 is 18.0 Å². The number of aromatic nitrogens is 1. The molecule has 0 saturated carbocycles. The second kappa shape index (κ2) is 6.25. The molecule has 0 bridgehead atoms. The Morgan fingerprint density at radius 3 is 2.57 bits per heavy atom. The Morgan fingerprint density at radius 2 is 1.90 bits per heavy atom. The lowest BCUT2D eigenvalue weighted by molar-refractivity contribution is -0.167. The number of pyridine rings is 1. The number of nitrogens with zero attached hydrogens (tertiary/aromatic N) is 1. The minimum Gasteiger partial charge on any atom is -0.380 e. The molecule has 2 rings (SSSR count). The molecule has 2 aromatic rings. The van der Waals surface area contributed by atoms with Crippen molar-refractivity contribution in [3.8, 4) is 0 Å². The Labute approximate surface area is 119 Å². The maximum atomic E-state index is 12.2. The first-order chi connectivity index (χ1) is 9.95. The second-order valence-electron chi connectivity index (χ2n) is 4.25. The largest absolute Gasteiger partial charge is 0.471 e. The first kappa shape index (κ1) is 14.8. The van der Waals surface area contributed by atoms with Gasteiger partial charge in [0.1, 0.15) is 0 Å². The van der Waals surface area contributed by atoms with Crippen LogP contribution >= 0.6 is 0 Å². The zero-order valence-corrected chi connectivity index (χ0v) is 10.8. The Hall–Kier alpha value is -2.57. The second-order valence-corrected chi connectivity index (χ2v) is 4.25. The van der Waals surface area contributed by atoms with Gasteiger partial charge in [0.05, 0.1) is 5.69 Å². The minimum absolute atomic E-state index is 0.0998. The highest BCUT2D eigenvalue weighted by atomic mass is 19.4. The van der Waals surface area contributed by atoms with Crippen LogP contribution in [-0.4, -0.2) is 17.1 Å². The van der Waals surface area contributed by atoms with Gasteiger partial charge in [0.2, 0.25) is 0 Å². The molecule has 0 unspecified atom stereocenters. The number of anilines is 2. The van der Waals surface area contributed by atoms with E-state index in [0.717, 1.165) is 11.3 Å². The number of benzene rings is 1. The molecule has 2 N–H and O–H groups in total. The summed E-state index contributed by atoms with van der Waals surface area (Å²) >= 11 is 0. The van der Waals surface area contributed by atoms with Gasteiger partial charge in [-0.25, -0.2) is 0 Å². The quantitative estimate of drug-likeness (QED) is 0.910. The predicted molar refractivity (Wildman–Crippen MR) is 72.7 cm³/mol. The Kier molecular flexibility index (Phi) is 4.42. The van der Waals surface area contributed by atoms with E-state index in [1.165, 1.54) is 12.1 Å². The summed E-state index contributed by atoms with van der Waals surface area (Å²) < 4.78 is 36.5. The van der Waals surface area contributed by atoms with Gasteiger partial charge in [-0.15, -0.1) is 0 Å². The fourth-order valence-electron chi connectivity index (χ4n) is 1.63. The lowest BCUT2D eigenvalue weighted by Gasteiger charge is -2.10. The molecule has 1 aromatic heterocycles. The molecule has 0 aliphatic carbocycles. The molecule has 21 heavy (non-hydrogen) atoms. The van der Waals surface area contributed by atoms with E-state index in [1.54, 1.807) is 30.6 Å². The summed E-state index contributed by atoms with van der Waals surface area (Å²) in [7, 11) is 0. The van der Waals surface area contributed by atoms with E-state index in [2.05, 4.69) is 10.3 Å². The van der Waals surface area contributed by atoms with Crippen molar-refractivity contribution in [1.29, 1.82) is 0 Å². The molecule has 0 spiro atoms. The first-order valence-corrected chi connectivity index (χ1v) is 6.06. The van der Waals surface area contributed by atoms with Crippen LogP contribution < -0.4 is 10.6 Å². The van der Waals surface area contributed by atoms with Gasteiger partial charge in [0.15, 0.2) is 0 Å². The molecule has 0 fully saturated rings. The maximum Gasteiger partial charge on any atom is 0.471 e. The topological polar surface area (TPSA) is 54.0 Å². The fourth-order valence-corrected chi connectivity index (χ4v) is 1.63. The SMILES string of the molecule is O=C(Nc1cccc(CNc2cccnc2)c1)C(F)(F)F. The van der Waals surface area contributed by atoms with Crippen LogP contribution in [0.2, 0.25) is 0 Å². The van der Waals surface area contributed by atoms with Crippen molar-refractivity contribution in [2.24, 2.45) is 0 Å². The van der Waals surface area contributed by atoms with E-state index in [9.17, 15) is 18.0 Å². The third kappa shape index (κ3) is 4.48. The van der Waals surface area contributed by atoms with Crippen LogP contribution in [0.15, 0.2) is 48.8 Å². The summed E-state index contributed by atoms with van der Waals surface area (Å²) in [5.41, 5.74) is 1.63. The van der Waals surface area contributed by atoms with Crippen LogP contribution in [0.25, 0.3) is 0 Å². The summed E-state index contributed by atoms with van der Waals surface area (Å²) in [4.78, 5) is 14.8. The molecule has 0 atom stereocenters. The Morgan fingerprint density at radius 1 is 1.14 bits per heavy atom. The molecule has 1 aromatic carbocycles. The highest BCUT2D eigenvalue weighted by molar-refractivity contribution is 5.94. The van der Waals surface area contributed by atoms with Crippen molar-refractivity contribution in [2.45, 2.75) is 12.7 Å². The fraction of sp³-hybridized carbons (Fsp3) is 0.143. The van der Waals surface area contributed by atoms with E-state index >= 15 is 0 Å². The van der Waals surface area contributed by atoms with Gasteiger partial charge in [0.25, 0.3) is 0 Å². The van der Waals surface area contributed by atoms with E-state index < -0.39 is 12.1 Å². The number of amides is 1. The number of alkyl halides is 3. The lowest BCUT2D eigenvalue weighted by atomic mass is 10.2. The van der Waals surface area contributed by atoms with Crippen LogP contribution in [-0.2, 0) is 11.3 Å². The first-order valence-electron chi connectivity index (χ1n) is 6.06. The molecule has 0 saturated heterocycles. The average molecular weight is 295 g/mol. The third-order valence-corrected chi connectivity index (χ3v) is 2.60. The zero-order chi connectivity index (χ0) is 15.3. The van der Waals surface area contributed by atoms with Crippen LogP contribution in [0, 0.1) is 0 Å². The monoisotopic (exact) mass is 295 g/mol. The van der Waals surface area contributed by atoms with Gasteiger partial charge in [-0.3, -0.25) is 9.78 Å². The molecule has 1 heterocycles. The summed E-state index contributed by atoms with van der Waals surface area (Å²) in [5, 5.41) is 4.89. The zero-order valence-electron chi connectivity index (χ0n) is 10.8. The molecular weight excluding hydrogens is 283 g/mol. The van der Waals surface area contributed by atoms with Crippen molar-refractivity contribution in [1.82, 2.24) is 4.98 Å². The van der Waals surface area contributed by atoms with Crippen molar-refractivity contribution in [2.75, 3.05) is 10.6 Å². The lowest BCUT2D eigenvalue weighted by Crippen LogP contribution is -2.29. The van der Waals surface area contributed by atoms with Crippen LogP contribution in [0.4, 0.5) is 24.5 Å². The van der Waals surface area contributed by atoms with Gasteiger partial charge in [-0.1, -0.05) is 12.1 Å². The normalized spacial score (nSPS) is 11.0. The standard InChI is InChI=1S/C14H12F3N3O/c15-14(16,17)13(21)20-11-4-1-3-10(7-11)8-19-12-5-2-6-18-9-12/h1-7,9,19H,8H2,(H,20,21). The van der Waals surface area contributed by atoms with Crippen LogP contribution in [0.1, 0.15) is 5.56 Å². The molecule has 0 aliphatic rings. The number of hydrogen-bond donors (Lipinski definition) is 2. The minimum atomic E-state index is -4.90. The van der Waals surface area contributed by atoms with E-state index in [-0.39, 0.29) is 5.69 Å². The highest BCUT2D eigenvalue weighted by Crippen LogP contribution is 2.19. The Balaban J connectivity index is 1.99. The molecule has 110 valence electrons. The van der Waals surface area contributed by atoms with Crippen LogP contribution in [0.5, 0.6) is 0 Å². The summed E-state index contributed by atoms with van der Waals surface area (Å²) in [6, 6.07) is 9.79. The highest BCUT2D eigenvalue weighted by Gasteiger charge is 2.38. The predicted octanol–water partition coefficient (Wildman–Crippen LogP) is 3.19. The number of rotatable bonds is 4. The maximum absolute atomic E-state index is 12.2. The van der Waals surface area contributed by atoms with Crippen LogP contribution in [0.3, 0.4) is 0 Å². The van der Waals surface area contributed by atoms with Gasteiger partial charge in [0, 0.05) is 24.6 Å². The average Bonchev–Trinajstić information content (AvgIpc) is 2.46. The van der Waals surface area contributed by atoms with Crippen molar-refractivity contribution in [3.63, 3.8) is 0 Å². The molecular formula is C14H12F3N3O. The number of hydrogen-bond acceptors (Lipinski definition) is 3. The van der Waals surface area contributed by atoms with E-state index in [4.69, 9.17) is 0 Å². The van der Waals surface area contributed by atoms with Gasteiger partial charge in [-0.05, 0) is 29.8 Å². The molecule has 0 radical (unpaired) electrons. The van der Waals surface area contributed by atoms with E-state index in [1.807, 2.05) is 11.4 Å². The number of nitrogens with one attached hydrogen (secondary N) is 2. The van der Waals surface area contributed by atoms with E-state index in [0.29, 0.717) is 6.54 Å². The number of carbonyl (C=O) groups is 1. The van der Waals surface area contributed by atoms with Crippen molar-refractivity contribution in [3.05, 3.63) is 54.4 Å².